The molecular weight excluding hydrogens is 302 g/mol. The number of aryl methyl sites for hydroxylation is 2. The molecule has 1 heterocycles. The van der Waals surface area contributed by atoms with E-state index in [1.54, 1.807) is 0 Å². The summed E-state index contributed by atoms with van der Waals surface area (Å²) in [6.07, 6.45) is 2.13. The van der Waals surface area contributed by atoms with Crippen LogP contribution in [0.2, 0.25) is 0 Å². The van der Waals surface area contributed by atoms with Crippen molar-refractivity contribution < 1.29 is 9.59 Å². The third-order valence-electron chi connectivity index (χ3n) is 4.61. The minimum atomic E-state index is -0.249. The molecule has 2 amide bonds. The van der Waals surface area contributed by atoms with Crippen LogP contribution in [0.25, 0.3) is 0 Å². The van der Waals surface area contributed by atoms with Crippen molar-refractivity contribution in [3.05, 3.63) is 29.3 Å². The average Bonchev–Trinajstić information content (AvgIpc) is 2.90. The molecule has 0 aliphatic carbocycles. The van der Waals surface area contributed by atoms with Gasteiger partial charge in [0, 0.05) is 25.2 Å². The van der Waals surface area contributed by atoms with Crippen molar-refractivity contribution >= 4 is 17.5 Å². The summed E-state index contributed by atoms with van der Waals surface area (Å²) in [7, 11) is 4.05. The number of carbonyl (C=O) groups excluding carboxylic acids is 2. The van der Waals surface area contributed by atoms with Crippen molar-refractivity contribution in [1.29, 1.82) is 0 Å². The second-order valence-corrected chi connectivity index (χ2v) is 6.85. The van der Waals surface area contributed by atoms with Gasteiger partial charge in [0.2, 0.25) is 11.8 Å². The van der Waals surface area contributed by atoms with Crippen LogP contribution in [0, 0.1) is 12.8 Å². The highest BCUT2D eigenvalue weighted by atomic mass is 16.2. The SMILES string of the molecule is CCc1cccc(C)c1NC(=O)C1CC(=O)N(CCCN(C)C)C1. The monoisotopic (exact) mass is 331 g/mol. The Hall–Kier alpha value is -1.88. The molecule has 1 aliphatic rings. The third kappa shape index (κ3) is 4.57. The molecule has 24 heavy (non-hydrogen) atoms. The Labute approximate surface area is 145 Å². The Balaban J connectivity index is 1.96. The van der Waals surface area contributed by atoms with E-state index in [4.69, 9.17) is 0 Å². The van der Waals surface area contributed by atoms with E-state index in [9.17, 15) is 9.59 Å². The molecule has 0 bridgehead atoms. The molecule has 1 atom stereocenters. The number of nitrogens with zero attached hydrogens (tertiary/aromatic N) is 2. The fourth-order valence-electron chi connectivity index (χ4n) is 3.17. The van der Waals surface area contributed by atoms with Crippen molar-refractivity contribution in [2.24, 2.45) is 5.92 Å². The van der Waals surface area contributed by atoms with Gasteiger partial charge in [-0.05, 0) is 51.5 Å². The molecule has 5 nitrogen and oxygen atoms in total. The van der Waals surface area contributed by atoms with E-state index in [1.165, 1.54) is 0 Å². The largest absolute Gasteiger partial charge is 0.342 e. The first-order valence-electron chi connectivity index (χ1n) is 8.74. The summed E-state index contributed by atoms with van der Waals surface area (Å²) in [4.78, 5) is 28.7. The lowest BCUT2D eigenvalue weighted by atomic mass is 10.0. The minimum absolute atomic E-state index is 0.0394. The zero-order valence-electron chi connectivity index (χ0n) is 15.3. The van der Waals surface area contributed by atoms with Crippen molar-refractivity contribution in [1.82, 2.24) is 9.80 Å². The first kappa shape index (κ1) is 18.5. The average molecular weight is 331 g/mol. The van der Waals surface area contributed by atoms with E-state index in [2.05, 4.69) is 17.1 Å². The van der Waals surface area contributed by atoms with Gasteiger partial charge in [0.25, 0.3) is 0 Å². The number of para-hydroxylation sites is 1. The topological polar surface area (TPSA) is 52.7 Å². The minimum Gasteiger partial charge on any atom is -0.342 e. The fourth-order valence-corrected chi connectivity index (χ4v) is 3.17. The standard InChI is InChI=1S/C19H29N3O2/c1-5-15-9-6-8-14(2)18(15)20-19(24)16-12-17(23)22(13-16)11-7-10-21(3)4/h6,8-9,16H,5,7,10-13H2,1-4H3,(H,20,24). The highest BCUT2D eigenvalue weighted by Gasteiger charge is 2.34. The molecule has 0 saturated carbocycles. The van der Waals surface area contributed by atoms with Gasteiger partial charge >= 0.3 is 0 Å². The summed E-state index contributed by atoms with van der Waals surface area (Å²) in [5.41, 5.74) is 3.11. The first-order valence-corrected chi connectivity index (χ1v) is 8.74. The van der Waals surface area contributed by atoms with Gasteiger partial charge in [-0.3, -0.25) is 9.59 Å². The Bertz CT molecular complexity index is 598. The molecule has 0 spiro atoms. The number of hydrogen-bond donors (Lipinski definition) is 1. The molecule has 0 radical (unpaired) electrons. The van der Waals surface area contributed by atoms with Crippen molar-refractivity contribution in [2.75, 3.05) is 39.0 Å². The lowest BCUT2D eigenvalue weighted by Crippen LogP contribution is -2.30. The van der Waals surface area contributed by atoms with Gasteiger partial charge in [0.15, 0.2) is 0 Å². The number of hydrogen-bond acceptors (Lipinski definition) is 3. The molecular formula is C19H29N3O2. The van der Waals surface area contributed by atoms with E-state index in [0.29, 0.717) is 13.0 Å². The van der Waals surface area contributed by atoms with E-state index < -0.39 is 0 Å². The summed E-state index contributed by atoms with van der Waals surface area (Å²) in [5, 5.41) is 3.06. The number of carbonyl (C=O) groups is 2. The van der Waals surface area contributed by atoms with Gasteiger partial charge in [-0.1, -0.05) is 25.1 Å². The zero-order valence-corrected chi connectivity index (χ0v) is 15.3. The van der Waals surface area contributed by atoms with Crippen LogP contribution < -0.4 is 5.32 Å². The highest BCUT2D eigenvalue weighted by molar-refractivity contribution is 5.98. The van der Waals surface area contributed by atoms with Crippen LogP contribution in [0.4, 0.5) is 5.69 Å². The number of likely N-dealkylation sites (tertiary alicyclic amines) is 1. The van der Waals surface area contributed by atoms with Gasteiger partial charge in [-0.2, -0.15) is 0 Å². The fraction of sp³-hybridized carbons (Fsp3) is 0.579. The molecule has 1 unspecified atom stereocenters. The van der Waals surface area contributed by atoms with Crippen molar-refractivity contribution in [3.8, 4) is 0 Å². The maximum Gasteiger partial charge on any atom is 0.229 e. The number of rotatable bonds is 7. The molecule has 2 rings (SSSR count). The van der Waals surface area contributed by atoms with Gasteiger partial charge in [-0.15, -0.1) is 0 Å². The number of amides is 2. The number of anilines is 1. The molecule has 0 aromatic heterocycles. The lowest BCUT2D eigenvalue weighted by molar-refractivity contribution is -0.128. The Kier molecular flexibility index (Phi) is 6.37. The lowest BCUT2D eigenvalue weighted by Gasteiger charge is -2.18. The quantitative estimate of drug-likeness (QED) is 0.834. The van der Waals surface area contributed by atoms with Crippen LogP contribution in [0.1, 0.15) is 30.9 Å². The molecule has 1 aromatic carbocycles. The third-order valence-corrected chi connectivity index (χ3v) is 4.61. The summed E-state index contributed by atoms with van der Waals surface area (Å²) in [6.45, 7) is 6.29. The van der Waals surface area contributed by atoms with E-state index in [0.717, 1.165) is 42.7 Å². The maximum absolute atomic E-state index is 12.6. The van der Waals surface area contributed by atoms with Gasteiger partial charge in [-0.25, -0.2) is 0 Å². The first-order chi connectivity index (χ1) is 11.4. The Morgan fingerprint density at radius 1 is 1.38 bits per heavy atom. The molecule has 1 N–H and O–H groups in total. The Morgan fingerprint density at radius 3 is 2.79 bits per heavy atom. The predicted molar refractivity (Wildman–Crippen MR) is 97.0 cm³/mol. The van der Waals surface area contributed by atoms with Crippen molar-refractivity contribution in [2.45, 2.75) is 33.1 Å². The second kappa shape index (κ2) is 8.29. The van der Waals surface area contributed by atoms with Crippen LogP contribution >= 0.6 is 0 Å². The number of benzene rings is 1. The zero-order chi connectivity index (χ0) is 17.7. The molecule has 5 heteroatoms. The maximum atomic E-state index is 12.6. The van der Waals surface area contributed by atoms with Gasteiger partial charge in [0.1, 0.15) is 0 Å². The van der Waals surface area contributed by atoms with E-state index in [-0.39, 0.29) is 17.7 Å². The summed E-state index contributed by atoms with van der Waals surface area (Å²) >= 11 is 0. The van der Waals surface area contributed by atoms with Crippen LogP contribution in [0.5, 0.6) is 0 Å². The highest BCUT2D eigenvalue weighted by Crippen LogP contribution is 2.24. The van der Waals surface area contributed by atoms with Gasteiger partial charge < -0.3 is 15.1 Å². The van der Waals surface area contributed by atoms with Crippen molar-refractivity contribution in [3.63, 3.8) is 0 Å². The van der Waals surface area contributed by atoms with Gasteiger partial charge in [0.05, 0.1) is 5.92 Å². The second-order valence-electron chi connectivity index (χ2n) is 6.85. The summed E-state index contributed by atoms with van der Waals surface area (Å²) in [5.74, 6) is -0.196. The summed E-state index contributed by atoms with van der Waals surface area (Å²) in [6, 6.07) is 6.05. The smallest absolute Gasteiger partial charge is 0.229 e. The summed E-state index contributed by atoms with van der Waals surface area (Å²) < 4.78 is 0. The van der Waals surface area contributed by atoms with Crippen LogP contribution in [0.15, 0.2) is 18.2 Å². The van der Waals surface area contributed by atoms with Crippen LogP contribution in [-0.4, -0.2) is 55.3 Å². The van der Waals surface area contributed by atoms with E-state index in [1.807, 2.05) is 44.1 Å². The van der Waals surface area contributed by atoms with E-state index >= 15 is 0 Å². The molecule has 132 valence electrons. The molecule has 1 fully saturated rings. The normalized spacial score (nSPS) is 17.6. The van der Waals surface area contributed by atoms with Crippen LogP contribution in [0.3, 0.4) is 0 Å². The molecule has 1 aromatic rings. The predicted octanol–water partition coefficient (Wildman–Crippen LogP) is 2.30. The van der Waals surface area contributed by atoms with Crippen LogP contribution in [-0.2, 0) is 16.0 Å². The Morgan fingerprint density at radius 2 is 2.12 bits per heavy atom. The molecule has 1 saturated heterocycles. The number of nitrogens with one attached hydrogen (secondary N) is 1. The molecule has 1 aliphatic heterocycles.